The number of alkyl halides is 1. The van der Waals surface area contributed by atoms with E-state index in [1.807, 2.05) is 13.8 Å². The molecule has 3 nitrogen and oxygen atoms in total. The molecule has 13 heavy (non-hydrogen) atoms. The topological polar surface area (TPSA) is 37.4 Å². The van der Waals surface area contributed by atoms with Crippen LogP contribution in [-0.4, -0.2) is 36.4 Å². The molecule has 2 atom stereocenters. The van der Waals surface area contributed by atoms with Crippen LogP contribution in [0.1, 0.15) is 26.7 Å². The number of rotatable bonds is 3. The van der Waals surface area contributed by atoms with Crippen molar-refractivity contribution in [2.45, 2.75) is 38.1 Å². The van der Waals surface area contributed by atoms with Crippen LogP contribution < -0.4 is 0 Å². The van der Waals surface area contributed by atoms with Crippen molar-refractivity contribution < 1.29 is 8.42 Å². The Bertz CT molecular complexity index is 265. The van der Waals surface area contributed by atoms with Gasteiger partial charge in [0, 0.05) is 18.0 Å². The standard InChI is InChI=1S/C8H16ClNO2S/c1-3-4-13(11,12)10-6-8(9)5-7(10)2/h7-8H,3-6H2,1-2H3. The lowest BCUT2D eigenvalue weighted by Crippen LogP contribution is -2.35. The van der Waals surface area contributed by atoms with Gasteiger partial charge in [0.25, 0.3) is 0 Å². The lowest BCUT2D eigenvalue weighted by Gasteiger charge is -2.20. The molecule has 0 aromatic heterocycles. The van der Waals surface area contributed by atoms with Crippen LogP contribution >= 0.6 is 11.6 Å². The number of hydrogen-bond acceptors (Lipinski definition) is 2. The number of hydrogen-bond donors (Lipinski definition) is 0. The van der Waals surface area contributed by atoms with Gasteiger partial charge in [0.2, 0.25) is 10.0 Å². The molecule has 1 rings (SSSR count). The van der Waals surface area contributed by atoms with E-state index in [-0.39, 0.29) is 17.2 Å². The highest BCUT2D eigenvalue weighted by molar-refractivity contribution is 7.89. The summed E-state index contributed by atoms with van der Waals surface area (Å²) >= 11 is 5.90. The quantitative estimate of drug-likeness (QED) is 0.682. The van der Waals surface area contributed by atoms with Gasteiger partial charge in [-0.1, -0.05) is 6.92 Å². The van der Waals surface area contributed by atoms with Crippen molar-refractivity contribution in [2.75, 3.05) is 12.3 Å². The van der Waals surface area contributed by atoms with E-state index in [1.54, 1.807) is 0 Å². The summed E-state index contributed by atoms with van der Waals surface area (Å²) in [6, 6.07) is 0.0686. The Balaban J connectivity index is 2.72. The van der Waals surface area contributed by atoms with Gasteiger partial charge >= 0.3 is 0 Å². The average molecular weight is 226 g/mol. The third kappa shape index (κ3) is 2.58. The molecule has 0 spiro atoms. The van der Waals surface area contributed by atoms with E-state index in [4.69, 9.17) is 11.6 Å². The van der Waals surface area contributed by atoms with Gasteiger partial charge in [-0.05, 0) is 19.8 Å². The predicted molar refractivity (Wildman–Crippen MR) is 54.5 cm³/mol. The zero-order chi connectivity index (χ0) is 10.1. The Labute approximate surface area is 85.1 Å². The van der Waals surface area contributed by atoms with Crippen LogP contribution in [-0.2, 0) is 10.0 Å². The molecule has 78 valence electrons. The van der Waals surface area contributed by atoms with Gasteiger partial charge in [-0.25, -0.2) is 8.42 Å². The highest BCUT2D eigenvalue weighted by atomic mass is 35.5. The summed E-state index contributed by atoms with van der Waals surface area (Å²) < 4.78 is 24.8. The van der Waals surface area contributed by atoms with Crippen molar-refractivity contribution in [3.05, 3.63) is 0 Å². The Morgan fingerprint density at radius 2 is 2.15 bits per heavy atom. The smallest absolute Gasteiger partial charge is 0.212 e. The zero-order valence-corrected chi connectivity index (χ0v) is 9.61. The predicted octanol–water partition coefficient (Wildman–Crippen LogP) is 1.43. The molecule has 0 aromatic rings. The van der Waals surface area contributed by atoms with Gasteiger partial charge in [-0.15, -0.1) is 11.6 Å². The fraction of sp³-hybridized carbons (Fsp3) is 1.00. The minimum Gasteiger partial charge on any atom is -0.212 e. The summed E-state index contributed by atoms with van der Waals surface area (Å²) in [7, 11) is -3.04. The highest BCUT2D eigenvalue weighted by Crippen LogP contribution is 2.24. The minimum absolute atomic E-state index is 0.0124. The van der Waals surface area contributed by atoms with E-state index in [2.05, 4.69) is 0 Å². The molecule has 0 radical (unpaired) electrons. The van der Waals surface area contributed by atoms with E-state index in [9.17, 15) is 8.42 Å². The number of halogens is 1. The third-order valence-electron chi connectivity index (χ3n) is 2.29. The molecule has 1 aliphatic heterocycles. The zero-order valence-electron chi connectivity index (χ0n) is 8.03. The first-order valence-electron chi connectivity index (χ1n) is 4.61. The normalized spacial score (nSPS) is 31.0. The highest BCUT2D eigenvalue weighted by Gasteiger charge is 2.35. The second-order valence-electron chi connectivity index (χ2n) is 3.57. The average Bonchev–Trinajstić information content (AvgIpc) is 2.30. The summed E-state index contributed by atoms with van der Waals surface area (Å²) in [5, 5.41) is -0.0124. The molecule has 0 amide bonds. The maximum Gasteiger partial charge on any atom is 0.214 e. The minimum atomic E-state index is -3.04. The van der Waals surface area contributed by atoms with Crippen molar-refractivity contribution in [2.24, 2.45) is 0 Å². The van der Waals surface area contributed by atoms with Crippen molar-refractivity contribution in [3.63, 3.8) is 0 Å². The van der Waals surface area contributed by atoms with Crippen LogP contribution in [0, 0.1) is 0 Å². The molecule has 1 saturated heterocycles. The molecule has 2 unspecified atom stereocenters. The summed E-state index contributed by atoms with van der Waals surface area (Å²) in [5.41, 5.74) is 0. The molecule has 1 heterocycles. The van der Waals surface area contributed by atoms with Crippen LogP contribution in [0.25, 0.3) is 0 Å². The second kappa shape index (κ2) is 4.15. The summed E-state index contributed by atoms with van der Waals surface area (Å²) in [5.74, 6) is 0.237. The van der Waals surface area contributed by atoms with Crippen LogP contribution in [0.2, 0.25) is 0 Å². The monoisotopic (exact) mass is 225 g/mol. The lowest BCUT2D eigenvalue weighted by molar-refractivity contribution is 0.408. The summed E-state index contributed by atoms with van der Waals surface area (Å²) in [6.45, 7) is 4.26. The summed E-state index contributed by atoms with van der Waals surface area (Å²) in [6.07, 6.45) is 1.43. The molecular formula is C8H16ClNO2S. The van der Waals surface area contributed by atoms with Crippen LogP contribution in [0.5, 0.6) is 0 Å². The Morgan fingerprint density at radius 3 is 2.54 bits per heavy atom. The first-order valence-corrected chi connectivity index (χ1v) is 6.65. The first kappa shape index (κ1) is 11.3. The Hall–Kier alpha value is 0.200. The van der Waals surface area contributed by atoms with Gasteiger partial charge in [-0.3, -0.25) is 0 Å². The largest absolute Gasteiger partial charge is 0.214 e. The molecule has 1 aliphatic rings. The van der Waals surface area contributed by atoms with Crippen LogP contribution in [0.3, 0.4) is 0 Å². The van der Waals surface area contributed by atoms with Gasteiger partial charge < -0.3 is 0 Å². The number of nitrogens with zero attached hydrogens (tertiary/aromatic N) is 1. The fourth-order valence-corrected chi connectivity index (χ4v) is 3.98. The van der Waals surface area contributed by atoms with E-state index < -0.39 is 10.0 Å². The van der Waals surface area contributed by atoms with E-state index in [0.717, 1.165) is 6.42 Å². The van der Waals surface area contributed by atoms with Crippen LogP contribution in [0.15, 0.2) is 0 Å². The van der Waals surface area contributed by atoms with Crippen molar-refractivity contribution >= 4 is 21.6 Å². The lowest BCUT2D eigenvalue weighted by atomic mass is 10.2. The fourth-order valence-electron chi connectivity index (χ4n) is 1.70. The molecular weight excluding hydrogens is 210 g/mol. The molecule has 1 fully saturated rings. The van der Waals surface area contributed by atoms with Gasteiger partial charge in [0.1, 0.15) is 0 Å². The molecule has 0 aliphatic carbocycles. The summed E-state index contributed by atoms with van der Waals surface area (Å²) in [4.78, 5) is 0. The van der Waals surface area contributed by atoms with E-state index in [0.29, 0.717) is 13.0 Å². The Morgan fingerprint density at radius 1 is 1.54 bits per heavy atom. The third-order valence-corrected chi connectivity index (χ3v) is 4.75. The second-order valence-corrected chi connectivity index (χ2v) is 6.23. The van der Waals surface area contributed by atoms with E-state index >= 15 is 0 Å². The molecule has 5 heteroatoms. The Kier molecular flexibility index (Phi) is 3.60. The van der Waals surface area contributed by atoms with Crippen molar-refractivity contribution in [1.82, 2.24) is 4.31 Å². The van der Waals surface area contributed by atoms with E-state index in [1.165, 1.54) is 4.31 Å². The first-order chi connectivity index (χ1) is 5.97. The van der Waals surface area contributed by atoms with Crippen molar-refractivity contribution in [1.29, 1.82) is 0 Å². The maximum absolute atomic E-state index is 11.7. The van der Waals surface area contributed by atoms with Gasteiger partial charge in [-0.2, -0.15) is 4.31 Å². The maximum atomic E-state index is 11.7. The molecule has 0 N–H and O–H groups in total. The van der Waals surface area contributed by atoms with Crippen LogP contribution in [0.4, 0.5) is 0 Å². The van der Waals surface area contributed by atoms with Crippen molar-refractivity contribution in [3.8, 4) is 0 Å². The SMILES string of the molecule is CCCS(=O)(=O)N1CC(Cl)CC1C. The molecule has 0 saturated carbocycles. The molecule has 0 aromatic carbocycles. The number of sulfonamides is 1. The molecule has 0 bridgehead atoms. The van der Waals surface area contributed by atoms with Gasteiger partial charge in [0.05, 0.1) is 5.75 Å². The van der Waals surface area contributed by atoms with Gasteiger partial charge in [0.15, 0.2) is 0 Å².